The van der Waals surface area contributed by atoms with Crippen LogP contribution in [-0.4, -0.2) is 59.2 Å². The zero-order valence-corrected chi connectivity index (χ0v) is 23.9. The first kappa shape index (κ1) is 29.8. The molecule has 3 unspecified atom stereocenters. The second kappa shape index (κ2) is 12.3. The average molecular weight is 599 g/mol. The molecule has 4 aliphatic rings. The molecule has 0 radical (unpaired) electrons. The molecule has 3 saturated heterocycles. The van der Waals surface area contributed by atoms with Gasteiger partial charge in [-0.25, -0.2) is 9.37 Å². The highest BCUT2D eigenvalue weighted by Gasteiger charge is 2.41. The summed E-state index contributed by atoms with van der Waals surface area (Å²) in [6.45, 7) is 5.97. The Kier molecular flexibility index (Phi) is 8.91. The fourth-order valence-electron chi connectivity index (χ4n) is 6.25. The molecule has 3 fully saturated rings. The number of anilines is 2. The summed E-state index contributed by atoms with van der Waals surface area (Å²) >= 11 is 5.88. The monoisotopic (exact) mass is 598 g/mol. The number of alkyl halides is 3. The lowest BCUT2D eigenvalue weighted by molar-refractivity contribution is -0.140. The fourth-order valence-corrected chi connectivity index (χ4v) is 6.56. The van der Waals surface area contributed by atoms with E-state index < -0.39 is 22.9 Å². The summed E-state index contributed by atoms with van der Waals surface area (Å²) in [7, 11) is 1.46. The number of nitrogens with zero attached hydrogens (tertiary/aromatic N) is 5. The van der Waals surface area contributed by atoms with Crippen LogP contribution in [0.4, 0.5) is 29.2 Å². The standard InChI is InChI=1S/C20H23ClF3N5O2.C8H12FN/c1-10-4-3-5-29(8-10)18-11-9-31-14(7-13(11)26-19(28-18)30-2)17-16(20(22,23)24)12(21)6-15(25)27-17;9-5-7-4-8-2-1-3-10(8)6-7/h6,10,14H,3-5,7-9H2,1-2H3,(H2,25,27);5,8H,1-4,6H2/b;7-5-. The Hall–Kier alpha value is -2.70. The van der Waals surface area contributed by atoms with E-state index in [1.54, 1.807) is 0 Å². The molecule has 0 aromatic carbocycles. The minimum Gasteiger partial charge on any atom is -0.467 e. The van der Waals surface area contributed by atoms with Crippen LogP contribution < -0.4 is 15.4 Å². The normalized spacial score (nSPS) is 25.5. The molecule has 0 amide bonds. The van der Waals surface area contributed by atoms with Gasteiger partial charge in [0.05, 0.1) is 42.0 Å². The van der Waals surface area contributed by atoms with Crippen LogP contribution in [0.3, 0.4) is 0 Å². The number of nitrogens with two attached hydrogens (primary N) is 1. The fraction of sp³-hybridized carbons (Fsp3) is 0.607. The summed E-state index contributed by atoms with van der Waals surface area (Å²) in [6, 6.07) is 1.84. The van der Waals surface area contributed by atoms with Gasteiger partial charge in [-0.3, -0.25) is 4.90 Å². The number of fused-ring (bicyclic) bond motifs is 2. The summed E-state index contributed by atoms with van der Waals surface area (Å²) in [5, 5.41) is -0.507. The largest absolute Gasteiger partial charge is 0.467 e. The van der Waals surface area contributed by atoms with Crippen molar-refractivity contribution in [3.05, 3.63) is 45.5 Å². The number of rotatable bonds is 3. The summed E-state index contributed by atoms with van der Waals surface area (Å²) < 4.78 is 64.2. The zero-order valence-electron chi connectivity index (χ0n) is 23.2. The van der Waals surface area contributed by atoms with Crippen molar-refractivity contribution in [1.82, 2.24) is 19.9 Å². The molecule has 2 N–H and O–H groups in total. The second-order valence-electron chi connectivity index (χ2n) is 11.2. The molecule has 224 valence electrons. The number of ether oxygens (including phenoxy) is 2. The summed E-state index contributed by atoms with van der Waals surface area (Å²) in [5.41, 5.74) is 6.63. The molecule has 8 nitrogen and oxygen atoms in total. The Morgan fingerprint density at radius 2 is 1.93 bits per heavy atom. The number of piperidine rings is 1. The van der Waals surface area contributed by atoms with Crippen molar-refractivity contribution in [3.8, 4) is 6.01 Å². The number of aromatic nitrogens is 3. The molecule has 0 spiro atoms. The second-order valence-corrected chi connectivity index (χ2v) is 11.6. The average Bonchev–Trinajstić information content (AvgIpc) is 3.53. The van der Waals surface area contributed by atoms with Crippen LogP contribution in [0.2, 0.25) is 5.02 Å². The molecule has 2 aromatic heterocycles. The van der Waals surface area contributed by atoms with Crippen molar-refractivity contribution in [1.29, 1.82) is 0 Å². The minimum atomic E-state index is -4.70. The SMILES string of the molecule is COc1nc2c(c(N3CCCC(C)C3)n1)COC(c1nc(N)cc(Cl)c1C(F)(F)F)C2.F/C=C1/CC2CCCN2C1. The lowest BCUT2D eigenvalue weighted by atomic mass is 9.97. The smallest absolute Gasteiger partial charge is 0.419 e. The molecular formula is C28H35ClF4N6O2. The molecule has 3 atom stereocenters. The molecule has 4 aliphatic heterocycles. The number of methoxy groups -OCH3 is 1. The number of halogens is 5. The molecule has 0 saturated carbocycles. The molecule has 41 heavy (non-hydrogen) atoms. The van der Waals surface area contributed by atoms with Crippen molar-refractivity contribution in [3.63, 3.8) is 0 Å². The molecule has 6 rings (SSSR count). The Morgan fingerprint density at radius 1 is 1.15 bits per heavy atom. The highest BCUT2D eigenvalue weighted by atomic mass is 35.5. The van der Waals surface area contributed by atoms with Gasteiger partial charge in [0.15, 0.2) is 0 Å². The van der Waals surface area contributed by atoms with Crippen molar-refractivity contribution in [2.45, 2.75) is 70.4 Å². The van der Waals surface area contributed by atoms with E-state index in [-0.39, 0.29) is 30.5 Å². The molecule has 2 aromatic rings. The van der Waals surface area contributed by atoms with Crippen molar-refractivity contribution in [2.24, 2.45) is 5.92 Å². The molecule has 13 heteroatoms. The number of pyridine rings is 1. The third-order valence-corrected chi connectivity index (χ3v) is 8.46. The molecule has 0 aliphatic carbocycles. The predicted octanol–water partition coefficient (Wildman–Crippen LogP) is 5.89. The number of hydrogen-bond acceptors (Lipinski definition) is 8. The quantitative estimate of drug-likeness (QED) is 0.437. The first-order valence-electron chi connectivity index (χ1n) is 13.9. The van der Waals surface area contributed by atoms with Gasteiger partial charge in [-0.15, -0.1) is 0 Å². The maximum atomic E-state index is 13.7. The minimum absolute atomic E-state index is 0.0512. The van der Waals surface area contributed by atoms with E-state index in [1.165, 1.54) is 26.5 Å². The topological polar surface area (TPSA) is 89.6 Å². The van der Waals surface area contributed by atoms with E-state index >= 15 is 0 Å². The van der Waals surface area contributed by atoms with Crippen LogP contribution in [0, 0.1) is 5.92 Å². The Morgan fingerprint density at radius 3 is 2.61 bits per heavy atom. The van der Waals surface area contributed by atoms with Gasteiger partial charge in [-0.05, 0) is 56.2 Å². The Balaban J connectivity index is 0.000000282. The highest BCUT2D eigenvalue weighted by Crippen LogP contribution is 2.43. The van der Waals surface area contributed by atoms with Crippen LogP contribution >= 0.6 is 11.6 Å². The third-order valence-electron chi connectivity index (χ3n) is 8.16. The van der Waals surface area contributed by atoms with Gasteiger partial charge < -0.3 is 20.1 Å². The van der Waals surface area contributed by atoms with Crippen LogP contribution in [0.25, 0.3) is 0 Å². The number of hydrogen-bond donors (Lipinski definition) is 1. The van der Waals surface area contributed by atoms with Gasteiger partial charge in [0, 0.05) is 37.7 Å². The lowest BCUT2D eigenvalue weighted by Gasteiger charge is -2.35. The van der Waals surface area contributed by atoms with E-state index in [1.807, 2.05) is 0 Å². The van der Waals surface area contributed by atoms with E-state index in [9.17, 15) is 17.6 Å². The van der Waals surface area contributed by atoms with Gasteiger partial charge in [0.25, 0.3) is 0 Å². The molecule has 0 bridgehead atoms. The predicted molar refractivity (Wildman–Crippen MR) is 147 cm³/mol. The lowest BCUT2D eigenvalue weighted by Crippen LogP contribution is -2.36. The van der Waals surface area contributed by atoms with Crippen molar-refractivity contribution < 1.29 is 27.0 Å². The van der Waals surface area contributed by atoms with E-state index in [0.29, 0.717) is 23.5 Å². The van der Waals surface area contributed by atoms with E-state index in [2.05, 4.69) is 31.7 Å². The number of nitrogen functional groups attached to an aromatic ring is 1. The van der Waals surface area contributed by atoms with Gasteiger partial charge in [0.2, 0.25) is 0 Å². The summed E-state index contributed by atoms with van der Waals surface area (Å²) in [4.78, 5) is 17.4. The van der Waals surface area contributed by atoms with Gasteiger partial charge >= 0.3 is 12.2 Å². The van der Waals surface area contributed by atoms with Crippen LogP contribution in [0.5, 0.6) is 6.01 Å². The van der Waals surface area contributed by atoms with E-state index in [0.717, 1.165) is 62.4 Å². The van der Waals surface area contributed by atoms with Crippen molar-refractivity contribution >= 4 is 23.2 Å². The summed E-state index contributed by atoms with van der Waals surface area (Å²) in [6.07, 6.45) is 0.901. The zero-order chi connectivity index (χ0) is 29.3. The maximum Gasteiger partial charge on any atom is 0.419 e. The third kappa shape index (κ3) is 6.54. The Labute approximate surface area is 241 Å². The first-order valence-corrected chi connectivity index (χ1v) is 14.3. The Bertz CT molecular complexity index is 1280. The van der Waals surface area contributed by atoms with Crippen LogP contribution in [-0.2, 0) is 23.9 Å². The van der Waals surface area contributed by atoms with Gasteiger partial charge in [-0.2, -0.15) is 23.1 Å². The highest BCUT2D eigenvalue weighted by molar-refractivity contribution is 6.31. The summed E-state index contributed by atoms with van der Waals surface area (Å²) in [5.74, 6) is 1.11. The van der Waals surface area contributed by atoms with Gasteiger partial charge in [0.1, 0.15) is 17.7 Å². The first-order chi connectivity index (χ1) is 19.6. The maximum absolute atomic E-state index is 13.7. The van der Waals surface area contributed by atoms with Crippen LogP contribution in [0.1, 0.15) is 67.6 Å². The molecule has 6 heterocycles. The van der Waals surface area contributed by atoms with Gasteiger partial charge in [-0.1, -0.05) is 18.5 Å². The van der Waals surface area contributed by atoms with Crippen molar-refractivity contribution in [2.75, 3.05) is 43.9 Å². The van der Waals surface area contributed by atoms with E-state index in [4.69, 9.17) is 26.8 Å². The molecular weight excluding hydrogens is 564 g/mol. The van der Waals surface area contributed by atoms with Crippen LogP contribution in [0.15, 0.2) is 18.0 Å².